The van der Waals surface area contributed by atoms with Gasteiger partial charge >= 0.3 is 0 Å². The third-order valence-electron chi connectivity index (χ3n) is 3.14. The molecule has 0 bridgehead atoms. The first-order valence-corrected chi connectivity index (χ1v) is 7.71. The maximum absolute atomic E-state index is 11.7. The first-order chi connectivity index (χ1) is 10.5. The van der Waals surface area contributed by atoms with Crippen molar-refractivity contribution < 1.29 is 14.3 Å². The Kier molecular flexibility index (Phi) is 8.04. The highest BCUT2D eigenvalue weighted by Crippen LogP contribution is 2.07. The fourth-order valence-electron chi connectivity index (χ4n) is 1.88. The van der Waals surface area contributed by atoms with E-state index in [0.717, 1.165) is 12.8 Å². The second kappa shape index (κ2) is 9.82. The SMILES string of the molecule is CC(C)CCC(C)NC(=O)CNC(=O)COc1ccccc1. The number of rotatable bonds is 9. The Morgan fingerprint density at radius 3 is 2.36 bits per heavy atom. The highest BCUT2D eigenvalue weighted by atomic mass is 16.5. The largest absolute Gasteiger partial charge is 0.484 e. The average Bonchev–Trinajstić information content (AvgIpc) is 2.50. The van der Waals surface area contributed by atoms with E-state index in [0.29, 0.717) is 11.7 Å². The van der Waals surface area contributed by atoms with Crippen molar-refractivity contribution in [3.05, 3.63) is 30.3 Å². The van der Waals surface area contributed by atoms with Gasteiger partial charge in [0.25, 0.3) is 5.91 Å². The molecule has 1 atom stereocenters. The van der Waals surface area contributed by atoms with Gasteiger partial charge in [0.15, 0.2) is 6.61 Å². The highest BCUT2D eigenvalue weighted by molar-refractivity contribution is 5.85. The summed E-state index contributed by atoms with van der Waals surface area (Å²) in [5.74, 6) is 0.761. The maximum atomic E-state index is 11.7. The van der Waals surface area contributed by atoms with E-state index in [1.54, 1.807) is 12.1 Å². The predicted molar refractivity (Wildman–Crippen MR) is 86.6 cm³/mol. The lowest BCUT2D eigenvalue weighted by Crippen LogP contribution is -2.42. The van der Waals surface area contributed by atoms with Gasteiger partial charge in [-0.25, -0.2) is 0 Å². The van der Waals surface area contributed by atoms with Crippen molar-refractivity contribution >= 4 is 11.8 Å². The van der Waals surface area contributed by atoms with E-state index in [1.807, 2.05) is 25.1 Å². The van der Waals surface area contributed by atoms with E-state index in [2.05, 4.69) is 24.5 Å². The summed E-state index contributed by atoms with van der Waals surface area (Å²) in [4.78, 5) is 23.3. The molecule has 0 saturated heterocycles. The number of carbonyl (C=O) groups excluding carboxylic acids is 2. The van der Waals surface area contributed by atoms with Crippen molar-refractivity contribution in [3.8, 4) is 5.75 Å². The minimum absolute atomic E-state index is 0.0248. The number of hydrogen-bond donors (Lipinski definition) is 2. The summed E-state index contributed by atoms with van der Waals surface area (Å²) in [6, 6.07) is 9.20. The smallest absolute Gasteiger partial charge is 0.258 e. The Hall–Kier alpha value is -2.04. The van der Waals surface area contributed by atoms with Crippen LogP contribution in [0.4, 0.5) is 0 Å². The van der Waals surface area contributed by atoms with E-state index in [-0.39, 0.29) is 31.0 Å². The molecule has 0 heterocycles. The van der Waals surface area contributed by atoms with Gasteiger partial charge in [-0.15, -0.1) is 0 Å². The molecule has 0 aliphatic rings. The van der Waals surface area contributed by atoms with Crippen molar-refractivity contribution in [1.82, 2.24) is 10.6 Å². The van der Waals surface area contributed by atoms with E-state index in [4.69, 9.17) is 4.74 Å². The highest BCUT2D eigenvalue weighted by Gasteiger charge is 2.10. The summed E-state index contributed by atoms with van der Waals surface area (Å²) in [7, 11) is 0. The molecule has 0 aromatic heterocycles. The van der Waals surface area contributed by atoms with Crippen LogP contribution in [0.5, 0.6) is 5.75 Å². The Labute approximate surface area is 132 Å². The molecule has 1 rings (SSSR count). The molecule has 1 aromatic carbocycles. The Balaban J connectivity index is 2.16. The number of para-hydroxylation sites is 1. The van der Waals surface area contributed by atoms with Gasteiger partial charge in [0, 0.05) is 6.04 Å². The number of amides is 2. The summed E-state index contributed by atoms with van der Waals surface area (Å²) in [5.41, 5.74) is 0. The molecule has 1 unspecified atom stereocenters. The summed E-state index contributed by atoms with van der Waals surface area (Å²) < 4.78 is 5.30. The predicted octanol–water partition coefficient (Wildman–Crippen LogP) is 2.12. The zero-order valence-corrected chi connectivity index (χ0v) is 13.6. The van der Waals surface area contributed by atoms with Crippen molar-refractivity contribution in [3.63, 3.8) is 0 Å². The molecule has 0 saturated carbocycles. The molecule has 1 aromatic rings. The van der Waals surface area contributed by atoms with Crippen LogP contribution in [0.1, 0.15) is 33.6 Å². The van der Waals surface area contributed by atoms with E-state index < -0.39 is 0 Å². The standard InChI is InChI=1S/C17H26N2O3/c1-13(2)9-10-14(3)19-16(20)11-18-17(21)12-22-15-7-5-4-6-8-15/h4-8,13-14H,9-12H2,1-3H3,(H,18,21)(H,19,20). The monoisotopic (exact) mass is 306 g/mol. The molecule has 2 N–H and O–H groups in total. The molecule has 0 spiro atoms. The lowest BCUT2D eigenvalue weighted by Gasteiger charge is -2.15. The van der Waals surface area contributed by atoms with Gasteiger partial charge in [-0.2, -0.15) is 0 Å². The molecule has 0 radical (unpaired) electrons. The fourth-order valence-corrected chi connectivity index (χ4v) is 1.88. The second-order valence-electron chi connectivity index (χ2n) is 5.82. The quantitative estimate of drug-likeness (QED) is 0.734. The summed E-state index contributed by atoms with van der Waals surface area (Å²) >= 11 is 0. The van der Waals surface area contributed by atoms with E-state index in [9.17, 15) is 9.59 Å². The normalized spacial score (nSPS) is 11.8. The first kappa shape index (κ1) is 18.0. The van der Waals surface area contributed by atoms with Crippen molar-refractivity contribution in [1.29, 1.82) is 0 Å². The van der Waals surface area contributed by atoms with Gasteiger partial charge in [0.1, 0.15) is 5.75 Å². The number of benzene rings is 1. The van der Waals surface area contributed by atoms with Gasteiger partial charge in [-0.1, -0.05) is 32.0 Å². The molecule has 0 aliphatic carbocycles. The maximum Gasteiger partial charge on any atom is 0.258 e. The van der Waals surface area contributed by atoms with E-state index in [1.165, 1.54) is 0 Å². The Morgan fingerprint density at radius 1 is 1.05 bits per heavy atom. The van der Waals surface area contributed by atoms with Crippen LogP contribution in [0.3, 0.4) is 0 Å². The van der Waals surface area contributed by atoms with E-state index >= 15 is 0 Å². The molecule has 22 heavy (non-hydrogen) atoms. The van der Waals surface area contributed by atoms with Crippen molar-refractivity contribution in [2.24, 2.45) is 5.92 Å². The summed E-state index contributed by atoms with van der Waals surface area (Å²) in [6.45, 7) is 6.16. The van der Waals surface area contributed by atoms with Crippen LogP contribution < -0.4 is 15.4 Å². The molecule has 5 nitrogen and oxygen atoms in total. The van der Waals surface area contributed by atoms with Gasteiger partial charge in [-0.3, -0.25) is 9.59 Å². The molecule has 5 heteroatoms. The topological polar surface area (TPSA) is 67.4 Å². The minimum Gasteiger partial charge on any atom is -0.484 e. The lowest BCUT2D eigenvalue weighted by atomic mass is 10.0. The first-order valence-electron chi connectivity index (χ1n) is 7.71. The Bertz CT molecular complexity index is 460. The zero-order valence-electron chi connectivity index (χ0n) is 13.6. The molecule has 2 amide bonds. The van der Waals surface area contributed by atoms with Crippen LogP contribution in [0.25, 0.3) is 0 Å². The third-order valence-corrected chi connectivity index (χ3v) is 3.14. The number of ether oxygens (including phenoxy) is 1. The summed E-state index contributed by atoms with van der Waals surface area (Å²) in [5, 5.41) is 5.42. The summed E-state index contributed by atoms with van der Waals surface area (Å²) in [6.07, 6.45) is 2.01. The lowest BCUT2D eigenvalue weighted by molar-refractivity contribution is -0.127. The average molecular weight is 306 g/mol. The van der Waals surface area contributed by atoms with Crippen LogP contribution in [-0.4, -0.2) is 31.0 Å². The van der Waals surface area contributed by atoms with Crippen LogP contribution >= 0.6 is 0 Å². The van der Waals surface area contributed by atoms with Crippen LogP contribution in [0.2, 0.25) is 0 Å². The number of hydrogen-bond acceptors (Lipinski definition) is 3. The Morgan fingerprint density at radius 2 is 1.73 bits per heavy atom. The molecule has 122 valence electrons. The van der Waals surface area contributed by atoms with Crippen LogP contribution in [0, 0.1) is 5.92 Å². The second-order valence-corrected chi connectivity index (χ2v) is 5.82. The van der Waals surface area contributed by atoms with Gasteiger partial charge in [0.2, 0.25) is 5.91 Å². The van der Waals surface area contributed by atoms with Crippen LogP contribution in [0.15, 0.2) is 30.3 Å². The fraction of sp³-hybridized carbons (Fsp3) is 0.529. The van der Waals surface area contributed by atoms with Gasteiger partial charge in [-0.05, 0) is 37.8 Å². The van der Waals surface area contributed by atoms with Gasteiger partial charge < -0.3 is 15.4 Å². The molecular weight excluding hydrogens is 280 g/mol. The van der Waals surface area contributed by atoms with Crippen LogP contribution in [-0.2, 0) is 9.59 Å². The molecule has 0 fully saturated rings. The molecular formula is C17H26N2O3. The number of nitrogens with one attached hydrogen (secondary N) is 2. The molecule has 0 aliphatic heterocycles. The minimum atomic E-state index is -0.311. The van der Waals surface area contributed by atoms with Crippen molar-refractivity contribution in [2.75, 3.05) is 13.2 Å². The third kappa shape index (κ3) is 8.29. The number of carbonyl (C=O) groups is 2. The van der Waals surface area contributed by atoms with Crippen molar-refractivity contribution in [2.45, 2.75) is 39.7 Å². The zero-order chi connectivity index (χ0) is 16.4. The van der Waals surface area contributed by atoms with Gasteiger partial charge in [0.05, 0.1) is 6.54 Å².